The van der Waals surface area contributed by atoms with Gasteiger partial charge in [0.1, 0.15) is 5.82 Å². The average Bonchev–Trinajstić information content (AvgIpc) is 2.78. The molecule has 0 radical (unpaired) electrons. The van der Waals surface area contributed by atoms with E-state index in [0.717, 1.165) is 23.5 Å². The van der Waals surface area contributed by atoms with Crippen LogP contribution in [-0.2, 0) is 6.42 Å². The normalized spacial score (nSPS) is 11.7. The van der Waals surface area contributed by atoms with Gasteiger partial charge in [-0.1, -0.05) is 13.8 Å². The first kappa shape index (κ1) is 11.8. The van der Waals surface area contributed by atoms with E-state index in [4.69, 9.17) is 5.73 Å². The van der Waals surface area contributed by atoms with Gasteiger partial charge >= 0.3 is 0 Å². The number of hydrogen-bond donors (Lipinski definition) is 2. The Morgan fingerprint density at radius 2 is 2.18 bits per heavy atom. The summed E-state index contributed by atoms with van der Waals surface area (Å²) in [6.07, 6.45) is 6.28. The zero-order valence-electron chi connectivity index (χ0n) is 10.3. The maximum Gasteiger partial charge on any atom is 0.107 e. The van der Waals surface area contributed by atoms with Gasteiger partial charge in [0.2, 0.25) is 0 Å². The highest BCUT2D eigenvalue weighted by atomic mass is 14.9. The number of aromatic nitrogens is 3. The third-order valence-corrected chi connectivity index (χ3v) is 2.80. The lowest BCUT2D eigenvalue weighted by atomic mass is 9.89. The fraction of sp³-hybridized carbons (Fsp3) is 0.385. The Kier molecular flexibility index (Phi) is 3.24. The Morgan fingerprint density at radius 3 is 2.82 bits per heavy atom. The van der Waals surface area contributed by atoms with Crippen LogP contribution in [0, 0.1) is 5.41 Å². The molecule has 0 aromatic carbocycles. The second-order valence-corrected chi connectivity index (χ2v) is 5.03. The fourth-order valence-corrected chi connectivity index (χ4v) is 1.65. The SMILES string of the molecule is CC(C)(CN)Cc1ncc(-c2cccnc2)[nH]1. The molecule has 0 bridgehead atoms. The molecule has 2 heterocycles. The Morgan fingerprint density at radius 1 is 1.35 bits per heavy atom. The van der Waals surface area contributed by atoms with Crippen LogP contribution in [0.5, 0.6) is 0 Å². The van der Waals surface area contributed by atoms with Gasteiger partial charge in [-0.3, -0.25) is 4.98 Å². The number of pyridine rings is 1. The summed E-state index contributed by atoms with van der Waals surface area (Å²) in [5.41, 5.74) is 7.85. The van der Waals surface area contributed by atoms with E-state index in [0.29, 0.717) is 6.54 Å². The van der Waals surface area contributed by atoms with Crippen molar-refractivity contribution in [1.29, 1.82) is 0 Å². The number of hydrogen-bond acceptors (Lipinski definition) is 3. The molecule has 0 fully saturated rings. The molecule has 3 N–H and O–H groups in total. The van der Waals surface area contributed by atoms with Gasteiger partial charge in [-0.15, -0.1) is 0 Å². The number of aromatic amines is 1. The van der Waals surface area contributed by atoms with E-state index in [2.05, 4.69) is 28.8 Å². The molecule has 0 unspecified atom stereocenters. The van der Waals surface area contributed by atoms with Crippen molar-refractivity contribution in [2.24, 2.45) is 11.1 Å². The van der Waals surface area contributed by atoms with Crippen molar-refractivity contribution in [3.05, 3.63) is 36.5 Å². The molecule has 2 aromatic heterocycles. The highest BCUT2D eigenvalue weighted by Gasteiger charge is 2.18. The van der Waals surface area contributed by atoms with Crippen molar-refractivity contribution >= 4 is 0 Å². The molecule has 2 aromatic rings. The third-order valence-electron chi connectivity index (χ3n) is 2.80. The van der Waals surface area contributed by atoms with E-state index in [1.807, 2.05) is 24.5 Å². The number of nitrogens with zero attached hydrogens (tertiary/aromatic N) is 2. The molecule has 0 spiro atoms. The van der Waals surface area contributed by atoms with Crippen LogP contribution in [0.1, 0.15) is 19.7 Å². The third kappa shape index (κ3) is 2.91. The van der Waals surface area contributed by atoms with Gasteiger partial charge in [-0.2, -0.15) is 0 Å². The molecule has 4 nitrogen and oxygen atoms in total. The van der Waals surface area contributed by atoms with E-state index < -0.39 is 0 Å². The minimum Gasteiger partial charge on any atom is -0.342 e. The Bertz CT molecular complexity index is 473. The Hall–Kier alpha value is -1.68. The van der Waals surface area contributed by atoms with Crippen LogP contribution in [0.25, 0.3) is 11.3 Å². The second kappa shape index (κ2) is 4.67. The number of imidazole rings is 1. The number of H-pyrrole nitrogens is 1. The monoisotopic (exact) mass is 230 g/mol. The summed E-state index contributed by atoms with van der Waals surface area (Å²) in [5, 5.41) is 0. The zero-order chi connectivity index (χ0) is 12.3. The summed E-state index contributed by atoms with van der Waals surface area (Å²) in [7, 11) is 0. The highest BCUT2D eigenvalue weighted by Crippen LogP contribution is 2.21. The van der Waals surface area contributed by atoms with Crippen molar-refractivity contribution in [2.45, 2.75) is 20.3 Å². The van der Waals surface area contributed by atoms with Crippen LogP contribution in [0.15, 0.2) is 30.7 Å². The molecule has 0 saturated heterocycles. The molecular formula is C13H18N4. The van der Waals surface area contributed by atoms with Gasteiger partial charge in [-0.05, 0) is 24.1 Å². The molecule has 17 heavy (non-hydrogen) atoms. The topological polar surface area (TPSA) is 67.6 Å². The Labute approximate surface area is 101 Å². The summed E-state index contributed by atoms with van der Waals surface area (Å²) in [6, 6.07) is 3.93. The zero-order valence-corrected chi connectivity index (χ0v) is 10.3. The van der Waals surface area contributed by atoms with Crippen LogP contribution in [0.4, 0.5) is 0 Å². The first-order valence-corrected chi connectivity index (χ1v) is 5.75. The van der Waals surface area contributed by atoms with Crippen LogP contribution in [-0.4, -0.2) is 21.5 Å². The number of nitrogens with one attached hydrogen (secondary N) is 1. The molecule has 0 atom stereocenters. The molecule has 2 rings (SSSR count). The summed E-state index contributed by atoms with van der Waals surface area (Å²) in [5.74, 6) is 0.972. The quantitative estimate of drug-likeness (QED) is 0.844. The van der Waals surface area contributed by atoms with E-state index in [9.17, 15) is 0 Å². The minimum absolute atomic E-state index is 0.0735. The van der Waals surface area contributed by atoms with Gasteiger partial charge in [0.05, 0.1) is 11.9 Å². The molecule has 0 aliphatic rings. The van der Waals surface area contributed by atoms with Crippen LogP contribution < -0.4 is 5.73 Å². The standard InChI is InChI=1S/C13H18N4/c1-13(2,9-14)6-12-16-8-11(17-12)10-4-3-5-15-7-10/h3-5,7-8H,6,9,14H2,1-2H3,(H,16,17). The lowest BCUT2D eigenvalue weighted by Gasteiger charge is -2.20. The lowest BCUT2D eigenvalue weighted by Crippen LogP contribution is -2.26. The largest absolute Gasteiger partial charge is 0.342 e. The molecule has 0 amide bonds. The van der Waals surface area contributed by atoms with Gasteiger partial charge in [0, 0.05) is 24.4 Å². The fourth-order valence-electron chi connectivity index (χ4n) is 1.65. The van der Waals surface area contributed by atoms with Crippen LogP contribution in [0.3, 0.4) is 0 Å². The average molecular weight is 230 g/mol. The summed E-state index contributed by atoms with van der Waals surface area (Å²) >= 11 is 0. The molecule has 4 heteroatoms. The van der Waals surface area contributed by atoms with Gasteiger partial charge in [-0.25, -0.2) is 4.98 Å². The molecule has 0 saturated carbocycles. The van der Waals surface area contributed by atoms with E-state index in [1.54, 1.807) is 6.20 Å². The van der Waals surface area contributed by atoms with E-state index in [1.165, 1.54) is 0 Å². The summed E-state index contributed by atoms with van der Waals surface area (Å²) in [4.78, 5) is 11.8. The maximum atomic E-state index is 5.72. The second-order valence-electron chi connectivity index (χ2n) is 5.03. The van der Waals surface area contributed by atoms with Gasteiger partial charge in [0.25, 0.3) is 0 Å². The molecular weight excluding hydrogens is 212 g/mol. The van der Waals surface area contributed by atoms with Crippen molar-refractivity contribution in [1.82, 2.24) is 15.0 Å². The Balaban J connectivity index is 2.17. The van der Waals surface area contributed by atoms with E-state index in [-0.39, 0.29) is 5.41 Å². The predicted molar refractivity (Wildman–Crippen MR) is 68.4 cm³/mol. The van der Waals surface area contributed by atoms with E-state index >= 15 is 0 Å². The van der Waals surface area contributed by atoms with Crippen molar-refractivity contribution in [3.8, 4) is 11.3 Å². The minimum atomic E-state index is 0.0735. The smallest absolute Gasteiger partial charge is 0.107 e. The van der Waals surface area contributed by atoms with Crippen molar-refractivity contribution in [3.63, 3.8) is 0 Å². The van der Waals surface area contributed by atoms with Crippen molar-refractivity contribution in [2.75, 3.05) is 6.54 Å². The maximum absolute atomic E-state index is 5.72. The molecule has 0 aliphatic heterocycles. The first-order chi connectivity index (χ1) is 8.11. The van der Waals surface area contributed by atoms with Crippen LogP contribution in [0.2, 0.25) is 0 Å². The molecule has 0 aliphatic carbocycles. The predicted octanol–water partition coefficient (Wildman–Crippen LogP) is 2.00. The van der Waals surface area contributed by atoms with Crippen molar-refractivity contribution < 1.29 is 0 Å². The molecule has 90 valence electrons. The number of nitrogens with two attached hydrogens (primary N) is 1. The highest BCUT2D eigenvalue weighted by molar-refractivity contribution is 5.56. The van der Waals surface area contributed by atoms with Gasteiger partial charge in [0.15, 0.2) is 0 Å². The van der Waals surface area contributed by atoms with Gasteiger partial charge < -0.3 is 10.7 Å². The summed E-state index contributed by atoms with van der Waals surface area (Å²) < 4.78 is 0. The van der Waals surface area contributed by atoms with Crippen LogP contribution >= 0.6 is 0 Å². The lowest BCUT2D eigenvalue weighted by molar-refractivity contribution is 0.369. The summed E-state index contributed by atoms with van der Waals surface area (Å²) in [6.45, 7) is 4.93. The first-order valence-electron chi connectivity index (χ1n) is 5.75. The number of rotatable bonds is 4.